The monoisotopic (exact) mass is 389 g/mol. The van der Waals surface area contributed by atoms with Gasteiger partial charge in [0.05, 0.1) is 11.1 Å². The molecule has 0 bridgehead atoms. The summed E-state index contributed by atoms with van der Waals surface area (Å²) in [5.74, 6) is -3.90. The quantitative estimate of drug-likeness (QED) is 0.154. The Morgan fingerprint density at radius 1 is 1.00 bits per heavy atom. The number of amides is 2. The van der Waals surface area contributed by atoms with Crippen molar-refractivity contribution in [3.8, 4) is 0 Å². The largest absolute Gasteiger partial charge is 0.507 e. The number of imide groups is 1. The van der Waals surface area contributed by atoms with Crippen molar-refractivity contribution in [2.75, 3.05) is 0 Å². The number of rotatable bonds is 6. The predicted molar refractivity (Wildman–Crippen MR) is 102 cm³/mol. The van der Waals surface area contributed by atoms with Gasteiger partial charge in [-0.05, 0) is 19.1 Å². The Hall–Kier alpha value is -4.16. The minimum atomic E-state index is -1.38. The van der Waals surface area contributed by atoms with Gasteiger partial charge in [-0.1, -0.05) is 42.5 Å². The van der Waals surface area contributed by atoms with Gasteiger partial charge in [-0.25, -0.2) is 0 Å². The Morgan fingerprint density at radius 2 is 1.52 bits per heavy atom. The van der Waals surface area contributed by atoms with Gasteiger partial charge in [0.1, 0.15) is 11.8 Å². The molecule has 2 amide bonds. The zero-order chi connectivity index (χ0) is 21.1. The van der Waals surface area contributed by atoms with Crippen molar-refractivity contribution < 1.29 is 29.1 Å². The second kappa shape index (κ2) is 7.84. The lowest BCUT2D eigenvalue weighted by Gasteiger charge is -2.19. The maximum Gasteiger partial charge on any atom is 0.406 e. The van der Waals surface area contributed by atoms with Crippen LogP contribution in [0.15, 0.2) is 60.7 Å². The molecule has 0 radical (unpaired) electrons. The summed E-state index contributed by atoms with van der Waals surface area (Å²) in [5, 5.41) is 10.0. The first-order valence-electron chi connectivity index (χ1n) is 8.60. The van der Waals surface area contributed by atoms with Gasteiger partial charge in [0.15, 0.2) is 0 Å². The molecule has 1 atom stereocenters. The van der Waals surface area contributed by atoms with Crippen LogP contribution in [-0.4, -0.2) is 49.9 Å². The predicted octanol–water partition coefficient (Wildman–Crippen LogP) is 2.08. The molecule has 1 aliphatic rings. The van der Waals surface area contributed by atoms with Crippen molar-refractivity contribution in [2.24, 2.45) is 0 Å². The van der Waals surface area contributed by atoms with E-state index in [-0.39, 0.29) is 11.1 Å². The van der Waals surface area contributed by atoms with E-state index in [1.54, 1.807) is 30.3 Å². The Morgan fingerprint density at radius 3 is 2.03 bits per heavy atom. The molecule has 1 N–H and O–H groups in total. The third-order valence-corrected chi connectivity index (χ3v) is 4.50. The van der Waals surface area contributed by atoms with Gasteiger partial charge in [-0.3, -0.25) is 24.1 Å². The van der Waals surface area contributed by atoms with Crippen molar-refractivity contribution >= 4 is 34.9 Å². The summed E-state index contributed by atoms with van der Waals surface area (Å²) in [5.41, 5.74) is 8.90. The van der Waals surface area contributed by atoms with Gasteiger partial charge in [0.2, 0.25) is 0 Å². The van der Waals surface area contributed by atoms with Crippen LogP contribution in [0.5, 0.6) is 0 Å². The number of allylic oxidation sites excluding steroid dienone is 1. The molecule has 1 aliphatic heterocycles. The Balaban J connectivity index is 1.85. The minimum Gasteiger partial charge on any atom is -0.507 e. The zero-order valence-corrected chi connectivity index (χ0v) is 15.3. The fourth-order valence-electron chi connectivity index (χ4n) is 2.98. The lowest BCUT2D eigenvalue weighted by Crippen LogP contribution is -2.47. The number of fused-ring (bicyclic) bond motifs is 1. The highest BCUT2D eigenvalue weighted by molar-refractivity contribution is 6.67. The summed E-state index contributed by atoms with van der Waals surface area (Å²) in [4.78, 5) is 53.5. The van der Waals surface area contributed by atoms with E-state index in [0.29, 0.717) is 10.5 Å². The van der Waals surface area contributed by atoms with Crippen LogP contribution >= 0.6 is 0 Å². The number of benzene rings is 2. The first kappa shape index (κ1) is 19.6. The Labute approximate surface area is 165 Å². The van der Waals surface area contributed by atoms with Crippen LogP contribution < -0.4 is 0 Å². The molecule has 29 heavy (non-hydrogen) atoms. The van der Waals surface area contributed by atoms with E-state index in [4.69, 9.17) is 0 Å². The van der Waals surface area contributed by atoms with E-state index < -0.39 is 40.9 Å². The third kappa shape index (κ3) is 3.52. The summed E-state index contributed by atoms with van der Waals surface area (Å²) < 4.78 is 0. The second-order valence-electron chi connectivity index (χ2n) is 6.27. The number of aliphatic hydroxyl groups is 1. The van der Waals surface area contributed by atoms with Crippen LogP contribution in [-0.2, 0) is 9.59 Å². The maximum absolute atomic E-state index is 12.7. The van der Waals surface area contributed by atoms with Crippen molar-refractivity contribution in [1.29, 1.82) is 0 Å². The maximum atomic E-state index is 12.7. The van der Waals surface area contributed by atoms with E-state index in [9.17, 15) is 29.8 Å². The normalized spacial score (nSPS) is 14.2. The van der Waals surface area contributed by atoms with Gasteiger partial charge >= 0.3 is 5.71 Å². The number of hydrogen-bond acceptors (Lipinski definition) is 5. The van der Waals surface area contributed by atoms with E-state index in [0.717, 1.165) is 6.08 Å². The molecule has 3 rings (SSSR count). The topological polar surface area (TPSA) is 128 Å². The average Bonchev–Trinajstić information content (AvgIpc) is 2.99. The van der Waals surface area contributed by atoms with E-state index in [2.05, 4.69) is 4.79 Å². The fourth-order valence-corrected chi connectivity index (χ4v) is 2.98. The molecule has 1 heterocycles. The molecule has 8 heteroatoms. The molecule has 8 nitrogen and oxygen atoms in total. The van der Waals surface area contributed by atoms with Crippen molar-refractivity contribution in [3.05, 3.63) is 82.9 Å². The molecule has 2 aromatic rings. The molecular formula is C21H15N3O5. The van der Waals surface area contributed by atoms with Crippen molar-refractivity contribution in [3.63, 3.8) is 0 Å². The molecule has 0 aromatic heterocycles. The standard InChI is InChI=1S/C21H15N3O5/c1-12(24-20(28)14-9-5-6-10-15(14)21(24)29)19(27)18(23-22)17(26)11-16(25)13-7-3-2-4-8-13/h2-12,25H,1H3/b16-11-/t12-/m0/s1. The van der Waals surface area contributed by atoms with Crippen LogP contribution in [0.4, 0.5) is 0 Å². The van der Waals surface area contributed by atoms with Crippen LogP contribution in [0.2, 0.25) is 0 Å². The lowest BCUT2D eigenvalue weighted by molar-refractivity contribution is -0.124. The Bertz CT molecular complexity index is 1080. The molecule has 0 spiro atoms. The lowest BCUT2D eigenvalue weighted by atomic mass is 10.0. The number of aliphatic hydroxyl groups excluding tert-OH is 1. The third-order valence-electron chi connectivity index (χ3n) is 4.50. The smallest absolute Gasteiger partial charge is 0.406 e. The summed E-state index contributed by atoms with van der Waals surface area (Å²) in [6.07, 6.45) is 0.734. The number of hydrogen-bond donors (Lipinski definition) is 1. The van der Waals surface area contributed by atoms with Gasteiger partial charge in [-0.15, -0.1) is 0 Å². The minimum absolute atomic E-state index is 0.146. The van der Waals surface area contributed by atoms with E-state index in [1.807, 2.05) is 0 Å². The molecular weight excluding hydrogens is 374 g/mol. The number of carbonyl (C=O) groups is 4. The highest BCUT2D eigenvalue weighted by Gasteiger charge is 2.44. The molecule has 0 saturated carbocycles. The van der Waals surface area contributed by atoms with Crippen molar-refractivity contribution in [2.45, 2.75) is 13.0 Å². The first-order valence-corrected chi connectivity index (χ1v) is 8.60. The number of nitrogens with zero attached hydrogens (tertiary/aromatic N) is 3. The molecule has 0 aliphatic carbocycles. The van der Waals surface area contributed by atoms with Crippen LogP contribution in [0.25, 0.3) is 11.3 Å². The van der Waals surface area contributed by atoms with E-state index >= 15 is 0 Å². The van der Waals surface area contributed by atoms with Gasteiger partial charge < -0.3 is 10.6 Å². The molecule has 0 unspecified atom stereocenters. The highest BCUT2D eigenvalue weighted by atomic mass is 16.3. The SMILES string of the molecule is C[C@@H](C(=O)C(=[N+]=[N-])C(=O)/C=C(\O)c1ccccc1)N1C(=O)c2ccccc2C1=O. The summed E-state index contributed by atoms with van der Waals surface area (Å²) >= 11 is 0. The zero-order valence-electron chi connectivity index (χ0n) is 15.3. The summed E-state index contributed by atoms with van der Waals surface area (Å²) in [6.45, 7) is 1.25. The molecule has 144 valence electrons. The summed E-state index contributed by atoms with van der Waals surface area (Å²) in [6, 6.07) is 12.8. The van der Waals surface area contributed by atoms with E-state index in [1.165, 1.54) is 31.2 Å². The molecule has 0 saturated heterocycles. The number of carbonyl (C=O) groups excluding carboxylic acids is 4. The Kier molecular flexibility index (Phi) is 5.29. The van der Waals surface area contributed by atoms with Crippen LogP contribution in [0.1, 0.15) is 33.2 Å². The van der Waals surface area contributed by atoms with Crippen LogP contribution in [0, 0.1) is 0 Å². The first-order chi connectivity index (χ1) is 13.9. The number of ketones is 2. The molecule has 0 fully saturated rings. The summed E-state index contributed by atoms with van der Waals surface area (Å²) in [7, 11) is 0. The van der Waals surface area contributed by atoms with Crippen molar-refractivity contribution in [1.82, 2.24) is 4.90 Å². The van der Waals surface area contributed by atoms with Gasteiger partial charge in [0.25, 0.3) is 23.4 Å². The molecule has 2 aromatic carbocycles. The second-order valence-corrected chi connectivity index (χ2v) is 6.27. The van der Waals surface area contributed by atoms with Crippen LogP contribution in [0.3, 0.4) is 0 Å². The number of Topliss-reactive ketones (excluding diaryl/α,β-unsaturated/α-hetero) is 1. The fraction of sp³-hybridized carbons (Fsp3) is 0.0952. The van der Waals surface area contributed by atoms with Gasteiger partial charge in [0, 0.05) is 11.6 Å². The highest BCUT2D eigenvalue weighted by Crippen LogP contribution is 2.24. The average molecular weight is 389 g/mol. The van der Waals surface area contributed by atoms with Gasteiger partial charge in [-0.2, -0.15) is 4.79 Å².